The van der Waals surface area contributed by atoms with Crippen molar-refractivity contribution in [3.05, 3.63) is 59.9 Å². The van der Waals surface area contributed by atoms with Gasteiger partial charge in [-0.25, -0.2) is 14.7 Å². The average Bonchev–Trinajstić information content (AvgIpc) is 2.69. The molecule has 0 saturated carbocycles. The van der Waals surface area contributed by atoms with Gasteiger partial charge in [0.2, 0.25) is 5.95 Å². The van der Waals surface area contributed by atoms with Gasteiger partial charge in [0.25, 0.3) is 0 Å². The number of anilines is 2. The number of carbonyl (C=O) groups excluding carboxylic acids is 1. The maximum Gasteiger partial charge on any atom is 0.420 e. The van der Waals surface area contributed by atoms with Crippen molar-refractivity contribution in [1.29, 1.82) is 0 Å². The van der Waals surface area contributed by atoms with Gasteiger partial charge in [-0.1, -0.05) is 30.8 Å². The Morgan fingerprint density at radius 2 is 2.10 bits per heavy atom. The highest BCUT2D eigenvalue weighted by molar-refractivity contribution is 5.90. The number of aromatic nitrogens is 2. The third kappa shape index (κ3) is 3.42. The van der Waals surface area contributed by atoms with Gasteiger partial charge >= 0.3 is 6.09 Å². The molecule has 3 aliphatic heterocycles. The molecule has 30 heavy (non-hydrogen) atoms. The standard InChI is InChI=1S/C22H26N6O2/c1-3-28-19-18(10-30-21(28)29)8-24-20(26-19)25-15(2)17-6-4-16(5-7-17)9-27-13-22(14-27)11-23-12-22/h3-8,15,23H,1,9-14H2,2H3,(H,24,25,26)/t15-/m0/s1. The van der Waals surface area contributed by atoms with Crippen LogP contribution in [0.5, 0.6) is 0 Å². The Labute approximate surface area is 175 Å². The molecule has 4 heterocycles. The van der Waals surface area contributed by atoms with Crippen LogP contribution in [-0.4, -0.2) is 47.1 Å². The fraction of sp³-hybridized carbons (Fsp3) is 0.409. The average molecular weight is 406 g/mol. The van der Waals surface area contributed by atoms with Gasteiger partial charge in [-0.15, -0.1) is 0 Å². The molecule has 0 radical (unpaired) electrons. The van der Waals surface area contributed by atoms with Gasteiger partial charge in [0, 0.05) is 50.5 Å². The molecule has 1 aromatic heterocycles. The molecular formula is C22H26N6O2. The van der Waals surface area contributed by atoms with Gasteiger partial charge < -0.3 is 15.4 Å². The molecule has 8 heteroatoms. The molecule has 2 saturated heterocycles. The first-order chi connectivity index (χ1) is 14.5. The van der Waals surface area contributed by atoms with Crippen LogP contribution in [0.25, 0.3) is 0 Å². The van der Waals surface area contributed by atoms with Crippen LogP contribution in [0.15, 0.2) is 43.2 Å². The number of nitrogens with zero attached hydrogens (tertiary/aromatic N) is 4. The summed E-state index contributed by atoms with van der Waals surface area (Å²) in [6, 6.07) is 8.72. The first-order valence-corrected chi connectivity index (χ1v) is 10.3. The zero-order valence-electron chi connectivity index (χ0n) is 17.1. The summed E-state index contributed by atoms with van der Waals surface area (Å²) >= 11 is 0. The minimum absolute atomic E-state index is 0.0261. The predicted molar refractivity (Wildman–Crippen MR) is 114 cm³/mol. The Kier molecular flexibility index (Phi) is 4.67. The molecule has 2 aromatic rings. The number of cyclic esters (lactones) is 1. The first-order valence-electron chi connectivity index (χ1n) is 10.3. The van der Waals surface area contributed by atoms with E-state index >= 15 is 0 Å². The van der Waals surface area contributed by atoms with Crippen molar-refractivity contribution >= 4 is 17.9 Å². The quantitative estimate of drug-likeness (QED) is 0.763. The summed E-state index contributed by atoms with van der Waals surface area (Å²) in [6.45, 7) is 11.6. The Balaban J connectivity index is 1.22. The lowest BCUT2D eigenvalue weighted by Gasteiger charge is -2.56. The second kappa shape index (κ2) is 7.37. The number of rotatable bonds is 6. The molecule has 1 aromatic carbocycles. The summed E-state index contributed by atoms with van der Waals surface area (Å²) in [7, 11) is 0. The SMILES string of the molecule is C=CN1C(=O)OCc2cnc(N[C@@H](C)c3ccc(CN4CC5(CNC5)C4)cc3)nc21. The lowest BCUT2D eigenvalue weighted by Crippen LogP contribution is -2.70. The maximum atomic E-state index is 11.9. The van der Waals surface area contributed by atoms with Crippen LogP contribution in [0.1, 0.15) is 29.7 Å². The highest BCUT2D eigenvalue weighted by atomic mass is 16.6. The number of nitrogens with one attached hydrogen (secondary N) is 2. The van der Waals surface area contributed by atoms with Gasteiger partial charge in [0.05, 0.1) is 11.6 Å². The number of carbonyl (C=O) groups is 1. The van der Waals surface area contributed by atoms with Gasteiger partial charge in [-0.3, -0.25) is 4.90 Å². The van der Waals surface area contributed by atoms with E-state index in [0.29, 0.717) is 17.2 Å². The minimum Gasteiger partial charge on any atom is -0.444 e. The number of benzene rings is 1. The number of hydrogen-bond donors (Lipinski definition) is 2. The highest BCUT2D eigenvalue weighted by Gasteiger charge is 2.47. The Bertz CT molecular complexity index is 964. The van der Waals surface area contributed by atoms with Crippen molar-refractivity contribution in [2.75, 3.05) is 36.4 Å². The van der Waals surface area contributed by atoms with Crippen LogP contribution in [0.2, 0.25) is 0 Å². The van der Waals surface area contributed by atoms with Gasteiger partial charge in [0.1, 0.15) is 6.61 Å². The van der Waals surface area contributed by atoms with Crippen LogP contribution < -0.4 is 15.5 Å². The fourth-order valence-electron chi connectivity index (χ4n) is 4.40. The van der Waals surface area contributed by atoms with E-state index in [1.165, 1.54) is 42.8 Å². The number of likely N-dealkylation sites (tertiary alicyclic amines) is 1. The monoisotopic (exact) mass is 406 g/mol. The van der Waals surface area contributed by atoms with Crippen LogP contribution in [0.3, 0.4) is 0 Å². The van der Waals surface area contributed by atoms with Crippen molar-refractivity contribution in [3.63, 3.8) is 0 Å². The van der Waals surface area contributed by atoms with E-state index in [0.717, 1.165) is 17.7 Å². The highest BCUT2D eigenvalue weighted by Crippen LogP contribution is 2.35. The fourth-order valence-corrected chi connectivity index (χ4v) is 4.40. The summed E-state index contributed by atoms with van der Waals surface area (Å²) in [4.78, 5) is 24.6. The van der Waals surface area contributed by atoms with E-state index in [1.807, 2.05) is 0 Å². The molecule has 156 valence electrons. The van der Waals surface area contributed by atoms with E-state index in [2.05, 4.69) is 63.3 Å². The smallest absolute Gasteiger partial charge is 0.420 e. The molecule has 3 aliphatic rings. The molecule has 0 aliphatic carbocycles. The number of ether oxygens (including phenoxy) is 1. The predicted octanol–water partition coefficient (Wildman–Crippen LogP) is 2.66. The van der Waals surface area contributed by atoms with E-state index in [9.17, 15) is 4.79 Å². The van der Waals surface area contributed by atoms with Crippen molar-refractivity contribution in [2.24, 2.45) is 5.41 Å². The summed E-state index contributed by atoms with van der Waals surface area (Å²) in [6.07, 6.45) is 2.61. The third-order valence-corrected chi connectivity index (χ3v) is 6.15. The second-order valence-electron chi connectivity index (χ2n) is 8.51. The second-order valence-corrected chi connectivity index (χ2v) is 8.51. The molecule has 2 N–H and O–H groups in total. The largest absolute Gasteiger partial charge is 0.444 e. The molecular weight excluding hydrogens is 380 g/mol. The van der Waals surface area contributed by atoms with Crippen molar-refractivity contribution < 1.29 is 9.53 Å². The molecule has 8 nitrogen and oxygen atoms in total. The summed E-state index contributed by atoms with van der Waals surface area (Å²) in [5.74, 6) is 0.974. The number of fused-ring (bicyclic) bond motifs is 1. The maximum absolute atomic E-state index is 11.9. The summed E-state index contributed by atoms with van der Waals surface area (Å²) in [5, 5.41) is 6.70. The molecule has 0 unspecified atom stereocenters. The molecule has 5 rings (SSSR count). The molecule has 1 atom stereocenters. The van der Waals surface area contributed by atoms with Gasteiger partial charge in [0.15, 0.2) is 5.82 Å². The number of amides is 1. The van der Waals surface area contributed by atoms with Crippen LogP contribution >= 0.6 is 0 Å². The Hall–Kier alpha value is -2.97. The van der Waals surface area contributed by atoms with Crippen LogP contribution in [-0.2, 0) is 17.9 Å². The van der Waals surface area contributed by atoms with Crippen molar-refractivity contribution in [2.45, 2.75) is 26.1 Å². The Morgan fingerprint density at radius 1 is 1.33 bits per heavy atom. The minimum atomic E-state index is -0.479. The van der Waals surface area contributed by atoms with E-state index in [4.69, 9.17) is 4.74 Å². The lowest BCUT2D eigenvalue weighted by molar-refractivity contribution is -0.0444. The topological polar surface area (TPSA) is 82.6 Å². The van der Waals surface area contributed by atoms with Crippen molar-refractivity contribution in [3.8, 4) is 0 Å². The molecule has 0 bridgehead atoms. The lowest BCUT2D eigenvalue weighted by atomic mass is 9.74. The van der Waals surface area contributed by atoms with Crippen LogP contribution in [0, 0.1) is 5.41 Å². The normalized spacial score (nSPS) is 20.6. The first kappa shape index (κ1) is 19.0. The zero-order chi connectivity index (χ0) is 20.7. The van der Waals surface area contributed by atoms with Crippen LogP contribution in [0.4, 0.5) is 16.6 Å². The Morgan fingerprint density at radius 3 is 2.77 bits per heavy atom. The van der Waals surface area contributed by atoms with E-state index in [1.54, 1.807) is 6.20 Å². The molecule has 1 spiro atoms. The third-order valence-electron chi connectivity index (χ3n) is 6.15. The van der Waals surface area contributed by atoms with Crippen molar-refractivity contribution in [1.82, 2.24) is 20.2 Å². The summed E-state index contributed by atoms with van der Waals surface area (Å²) in [5.41, 5.74) is 3.80. The molecule has 1 amide bonds. The summed E-state index contributed by atoms with van der Waals surface area (Å²) < 4.78 is 5.08. The number of hydrogen-bond acceptors (Lipinski definition) is 7. The molecule has 2 fully saturated rings. The zero-order valence-corrected chi connectivity index (χ0v) is 17.1. The van der Waals surface area contributed by atoms with E-state index in [-0.39, 0.29) is 12.6 Å². The van der Waals surface area contributed by atoms with E-state index < -0.39 is 6.09 Å². The van der Waals surface area contributed by atoms with Gasteiger partial charge in [-0.2, -0.15) is 4.98 Å². The van der Waals surface area contributed by atoms with Gasteiger partial charge in [-0.05, 0) is 18.1 Å².